The van der Waals surface area contributed by atoms with Crippen molar-refractivity contribution in [1.29, 1.82) is 0 Å². The maximum Gasteiger partial charge on any atom is 0.261 e. The van der Waals surface area contributed by atoms with Gasteiger partial charge in [0.05, 0.1) is 16.9 Å². The number of benzene rings is 2. The van der Waals surface area contributed by atoms with E-state index in [0.29, 0.717) is 35.3 Å². The van der Waals surface area contributed by atoms with E-state index < -0.39 is 17.6 Å². The number of aromatic carboxylic acids is 1. The first kappa shape index (κ1) is 16.1. The molecule has 0 bridgehead atoms. The van der Waals surface area contributed by atoms with E-state index in [1.807, 2.05) is 0 Å². The minimum atomic E-state index is -1.35. The lowest BCUT2D eigenvalue weighted by atomic mass is 10.1. The van der Waals surface area contributed by atoms with Crippen molar-refractivity contribution in [3.05, 3.63) is 75.3 Å². The summed E-state index contributed by atoms with van der Waals surface area (Å²) >= 11 is 0. The number of aromatic nitrogens is 2. The van der Waals surface area contributed by atoms with E-state index in [0.717, 1.165) is 12.1 Å². The predicted molar refractivity (Wildman–Crippen MR) is 89.2 cm³/mol. The van der Waals surface area contributed by atoms with Gasteiger partial charge in [-0.25, -0.2) is 13.8 Å². The Morgan fingerprint density at radius 1 is 1.15 bits per heavy atom. The number of carboxylic acids is 1. The van der Waals surface area contributed by atoms with Crippen molar-refractivity contribution in [1.82, 2.24) is 9.55 Å². The molecule has 4 rings (SSSR count). The Labute approximate surface area is 145 Å². The van der Waals surface area contributed by atoms with E-state index in [2.05, 4.69) is 4.98 Å². The van der Waals surface area contributed by atoms with Crippen molar-refractivity contribution in [3.8, 4) is 0 Å². The third-order valence-corrected chi connectivity index (χ3v) is 4.37. The van der Waals surface area contributed by atoms with Crippen LogP contribution in [0.2, 0.25) is 0 Å². The average molecular weight is 353 g/mol. The second-order valence-electron chi connectivity index (χ2n) is 6.00. The van der Waals surface area contributed by atoms with Crippen LogP contribution in [0.1, 0.15) is 28.2 Å². The van der Waals surface area contributed by atoms with Gasteiger partial charge in [0.1, 0.15) is 5.82 Å². The topological polar surface area (TPSA) is 75.0 Å². The molecule has 2 heterocycles. The smallest absolute Gasteiger partial charge is 0.261 e. The number of hydrogen-bond donors (Lipinski definition) is 0. The van der Waals surface area contributed by atoms with E-state index in [-0.39, 0.29) is 16.6 Å². The van der Waals surface area contributed by atoms with Gasteiger partial charge in [-0.05, 0) is 53.5 Å². The quantitative estimate of drug-likeness (QED) is 0.706. The van der Waals surface area contributed by atoms with Crippen LogP contribution in [0.15, 0.2) is 41.2 Å². The van der Waals surface area contributed by atoms with Crippen LogP contribution in [0.5, 0.6) is 0 Å². The maximum atomic E-state index is 13.4. The number of halogens is 2. The predicted octanol–water partition coefficient (Wildman–Crippen LogP) is 1.98. The van der Waals surface area contributed by atoms with Crippen LogP contribution in [0.3, 0.4) is 0 Å². The molecule has 7 heteroatoms. The molecule has 0 N–H and O–H groups in total. The summed E-state index contributed by atoms with van der Waals surface area (Å²) in [6.07, 6.45) is 2.15. The third-order valence-electron chi connectivity index (χ3n) is 4.37. The highest BCUT2D eigenvalue weighted by Gasteiger charge is 2.21. The van der Waals surface area contributed by atoms with Gasteiger partial charge in [0.2, 0.25) is 0 Å². The summed E-state index contributed by atoms with van der Waals surface area (Å²) in [5.41, 5.74) is 1.04. The van der Waals surface area contributed by atoms with Crippen molar-refractivity contribution < 1.29 is 18.7 Å². The van der Waals surface area contributed by atoms with E-state index in [9.17, 15) is 23.5 Å². The van der Waals surface area contributed by atoms with Crippen molar-refractivity contribution in [3.63, 3.8) is 0 Å². The van der Waals surface area contributed by atoms with E-state index in [1.54, 1.807) is 6.08 Å². The molecule has 0 unspecified atom stereocenters. The summed E-state index contributed by atoms with van der Waals surface area (Å²) in [7, 11) is 0. The molecule has 0 fully saturated rings. The number of hydrogen-bond acceptors (Lipinski definition) is 4. The van der Waals surface area contributed by atoms with Gasteiger partial charge < -0.3 is 9.90 Å². The van der Waals surface area contributed by atoms with Gasteiger partial charge >= 0.3 is 0 Å². The number of carbonyl (C=O) groups is 1. The summed E-state index contributed by atoms with van der Waals surface area (Å²) < 4.78 is 28.0. The minimum absolute atomic E-state index is 0.0708. The molecule has 26 heavy (non-hydrogen) atoms. The summed E-state index contributed by atoms with van der Waals surface area (Å²) in [5.74, 6) is -2.86. The largest absolute Gasteiger partial charge is 0.545 e. The molecule has 2 aromatic carbocycles. The Bertz CT molecular complexity index is 1170. The fourth-order valence-electron chi connectivity index (χ4n) is 3.08. The number of carboxylic acid groups (broad SMARTS) is 1. The van der Waals surface area contributed by atoms with Gasteiger partial charge in [0.15, 0.2) is 11.6 Å². The van der Waals surface area contributed by atoms with Crippen molar-refractivity contribution in [2.24, 2.45) is 0 Å². The Kier molecular flexibility index (Phi) is 3.64. The highest BCUT2D eigenvalue weighted by molar-refractivity contribution is 5.92. The monoisotopic (exact) mass is 353 g/mol. The van der Waals surface area contributed by atoms with Crippen molar-refractivity contribution in [2.75, 3.05) is 0 Å². The molecular formula is C19H11F2N2O3-. The zero-order valence-electron chi connectivity index (χ0n) is 13.3. The van der Waals surface area contributed by atoms with Crippen LogP contribution in [-0.2, 0) is 6.54 Å². The molecule has 0 saturated carbocycles. The summed E-state index contributed by atoms with van der Waals surface area (Å²) in [6, 6.07) is 7.55. The van der Waals surface area contributed by atoms with Gasteiger partial charge in [-0.3, -0.25) is 9.36 Å². The summed E-state index contributed by atoms with van der Waals surface area (Å²) in [4.78, 5) is 28.1. The zero-order chi connectivity index (χ0) is 18.4. The molecule has 0 aliphatic carbocycles. The Morgan fingerprint density at radius 3 is 2.69 bits per heavy atom. The molecule has 1 aromatic heterocycles. The number of fused-ring (bicyclic) bond motifs is 2. The summed E-state index contributed by atoms with van der Waals surface area (Å²) in [5, 5.41) is 11.3. The van der Waals surface area contributed by atoms with E-state index in [1.165, 1.54) is 28.8 Å². The fraction of sp³-hybridized carbons (Fsp3) is 0.105. The molecule has 1 aliphatic heterocycles. The standard InChI is InChI=1S/C19H12F2N2O3/c20-14-4-1-10(8-15(14)21)7-11-5-6-23-17(11)22-16-9-12(19(25)26)2-3-13(16)18(23)24/h1-4,7-9H,5-6H2,(H,25,26)/p-1/b11-7+. The number of rotatable bonds is 2. The van der Waals surface area contributed by atoms with Crippen molar-refractivity contribution >= 4 is 28.5 Å². The number of allylic oxidation sites excluding steroid dienone is 1. The molecule has 130 valence electrons. The first-order chi connectivity index (χ1) is 12.4. The molecule has 1 aliphatic rings. The van der Waals surface area contributed by atoms with Gasteiger partial charge in [-0.15, -0.1) is 0 Å². The molecule has 0 radical (unpaired) electrons. The third kappa shape index (κ3) is 2.57. The maximum absolute atomic E-state index is 13.4. The van der Waals surface area contributed by atoms with Crippen LogP contribution >= 0.6 is 0 Å². The van der Waals surface area contributed by atoms with Gasteiger partial charge in [0, 0.05) is 6.54 Å². The molecule has 0 atom stereocenters. The number of nitrogens with zero attached hydrogens (tertiary/aromatic N) is 2. The highest BCUT2D eigenvalue weighted by atomic mass is 19.2. The van der Waals surface area contributed by atoms with Crippen LogP contribution < -0.4 is 10.7 Å². The number of carbonyl (C=O) groups excluding carboxylic acids is 1. The lowest BCUT2D eigenvalue weighted by Gasteiger charge is -2.08. The highest BCUT2D eigenvalue weighted by Crippen LogP contribution is 2.28. The van der Waals surface area contributed by atoms with Gasteiger partial charge in [0.25, 0.3) is 5.56 Å². The first-order valence-electron chi connectivity index (χ1n) is 7.86. The Balaban J connectivity index is 1.88. The minimum Gasteiger partial charge on any atom is -0.545 e. The fourth-order valence-corrected chi connectivity index (χ4v) is 3.08. The molecule has 5 nitrogen and oxygen atoms in total. The van der Waals surface area contributed by atoms with Crippen LogP contribution in [0, 0.1) is 11.6 Å². The van der Waals surface area contributed by atoms with Crippen LogP contribution in [0.4, 0.5) is 8.78 Å². The van der Waals surface area contributed by atoms with Crippen LogP contribution in [-0.4, -0.2) is 15.5 Å². The average Bonchev–Trinajstić information content (AvgIpc) is 3.01. The van der Waals surface area contributed by atoms with Gasteiger partial charge in [-0.2, -0.15) is 0 Å². The van der Waals surface area contributed by atoms with Crippen molar-refractivity contribution in [2.45, 2.75) is 13.0 Å². The van der Waals surface area contributed by atoms with E-state index >= 15 is 0 Å². The van der Waals surface area contributed by atoms with Gasteiger partial charge in [-0.1, -0.05) is 12.1 Å². The van der Waals surface area contributed by atoms with Crippen LogP contribution in [0.25, 0.3) is 22.6 Å². The molecule has 0 saturated heterocycles. The second kappa shape index (κ2) is 5.87. The Hall–Kier alpha value is -3.35. The first-order valence-corrected chi connectivity index (χ1v) is 7.86. The SMILES string of the molecule is O=C([O-])c1ccc2c(=O)n3c(nc2c1)/C(=C/c1ccc(F)c(F)c1)CC3. The molecule has 3 aromatic rings. The zero-order valence-corrected chi connectivity index (χ0v) is 13.3. The van der Waals surface area contributed by atoms with E-state index in [4.69, 9.17) is 0 Å². The second-order valence-corrected chi connectivity index (χ2v) is 6.00. The lowest BCUT2D eigenvalue weighted by Crippen LogP contribution is -2.23. The summed E-state index contributed by atoms with van der Waals surface area (Å²) in [6.45, 7) is 0.412. The Morgan fingerprint density at radius 2 is 1.96 bits per heavy atom. The molecule has 0 amide bonds. The normalized spacial score (nSPS) is 14.8. The lowest BCUT2D eigenvalue weighted by molar-refractivity contribution is -0.255. The molecule has 0 spiro atoms. The molecular weight excluding hydrogens is 342 g/mol.